The topological polar surface area (TPSA) is 543 Å². The summed E-state index contributed by atoms with van der Waals surface area (Å²) in [6.07, 6.45) is 6.29. The highest BCUT2D eigenvalue weighted by Crippen LogP contribution is 2.32. The second-order valence-corrected chi connectivity index (χ2v) is 36.0. The predicted octanol–water partition coefficient (Wildman–Crippen LogP) is 2.69. The van der Waals surface area contributed by atoms with Crippen LogP contribution < -0.4 is 54.0 Å². The summed E-state index contributed by atoms with van der Waals surface area (Å²) in [5.74, 6) is -17.0. The van der Waals surface area contributed by atoms with Gasteiger partial charge < -0.3 is 98.4 Å². The maximum atomic E-state index is 15.7. The SMILES string of the molecule is CCCC[C@H]1C(=O)N(C)[C@@H](CCCC)C(=O)C[C@@H](CCCNC(=N)N)C(=O)N[C@H](C(=O)CCC(C)=O)CSCC(=O)NC(Cc2ccccc2)C(=O)N(C)[C@@H](C)C(=O)N[C@@H](CC(N)=O)C(=O)N2CCCC2C(=O)C[C@@H](Cc2cnc[nH]2)C(=O)N[C@@H](CC(C)C)C(=O)N(C)CC(=O)N[C@@H](CC2=CCc3ccccc32)C(=O)N[C@@H](CO)C(=O)N[C@@H](Cc2c[nH]c3ccccc23)C(=O)N1C. The van der Waals surface area contributed by atoms with Gasteiger partial charge >= 0.3 is 0 Å². The molecule has 3 aliphatic rings. The number of fused-ring (bicyclic) bond motifs is 3. The number of primary amides is 1. The Morgan fingerprint density at radius 1 is 0.614 bits per heavy atom. The quantitative estimate of drug-likeness (QED) is 0.0204. The van der Waals surface area contributed by atoms with Crippen molar-refractivity contribution in [1.82, 2.24) is 82.0 Å². The van der Waals surface area contributed by atoms with Gasteiger partial charge in [-0.15, -0.1) is 11.8 Å². The van der Waals surface area contributed by atoms with E-state index in [4.69, 9.17) is 16.9 Å². The molecular formula is C94H131N19O18S. The largest absolute Gasteiger partial charge is 0.394 e. The molecule has 2 saturated heterocycles. The van der Waals surface area contributed by atoms with Gasteiger partial charge in [0, 0.05) is 133 Å². The number of para-hydroxylation sites is 1. The van der Waals surface area contributed by atoms with E-state index in [-0.39, 0.29) is 120 Å². The molecule has 5 aromatic rings. The average Bonchev–Trinajstić information content (AvgIpc) is 1.48. The maximum absolute atomic E-state index is 15.7. The van der Waals surface area contributed by atoms with Gasteiger partial charge in [-0.05, 0) is 105 Å². The van der Waals surface area contributed by atoms with E-state index >= 15 is 28.8 Å². The van der Waals surface area contributed by atoms with Gasteiger partial charge in [-0.1, -0.05) is 132 Å². The van der Waals surface area contributed by atoms with Crippen LogP contribution in [-0.4, -0.2) is 283 Å². The fraction of sp³-hybridized carbons (Fsp3) is 0.543. The van der Waals surface area contributed by atoms with Crippen molar-refractivity contribution in [1.29, 1.82) is 5.41 Å². The number of aliphatic hydroxyl groups is 1. The van der Waals surface area contributed by atoms with Crippen molar-refractivity contribution in [3.63, 3.8) is 0 Å². The van der Waals surface area contributed by atoms with E-state index in [0.717, 1.165) is 32.7 Å². The number of rotatable bonds is 27. The molecule has 716 valence electrons. The number of guanidine groups is 1. The van der Waals surface area contributed by atoms with Crippen LogP contribution in [0, 0.1) is 23.2 Å². The number of thioether (sulfide) groups is 1. The molecule has 0 spiro atoms. The van der Waals surface area contributed by atoms with Crippen LogP contribution >= 0.6 is 11.8 Å². The number of Topliss-reactive ketones (excluding diaryl/α,β-unsaturated/α-hetero) is 4. The summed E-state index contributed by atoms with van der Waals surface area (Å²) >= 11 is 0.892. The summed E-state index contributed by atoms with van der Waals surface area (Å²) in [5, 5.41) is 41.5. The normalized spacial score (nSPS) is 24.0. The van der Waals surface area contributed by atoms with Gasteiger partial charge in [0.2, 0.25) is 76.8 Å². The van der Waals surface area contributed by atoms with E-state index in [0.29, 0.717) is 65.4 Å². The average molecular weight is 1850 g/mol. The van der Waals surface area contributed by atoms with Crippen molar-refractivity contribution in [3.8, 4) is 0 Å². The molecule has 2 aliphatic heterocycles. The summed E-state index contributed by atoms with van der Waals surface area (Å²) < 4.78 is 0. The molecule has 13 atom stereocenters. The molecule has 4 heterocycles. The molecule has 2 aromatic heterocycles. The Bertz CT molecular complexity index is 4950. The highest BCUT2D eigenvalue weighted by Gasteiger charge is 2.44. The highest BCUT2D eigenvalue weighted by molar-refractivity contribution is 8.00. The number of nitrogens with two attached hydrogens (primary N) is 2. The van der Waals surface area contributed by atoms with E-state index in [2.05, 4.69) is 57.5 Å². The lowest BCUT2D eigenvalue weighted by Crippen LogP contribution is -2.60. The van der Waals surface area contributed by atoms with Crippen LogP contribution in [-0.2, 0) is 107 Å². The standard InChI is InChI=1S/C94H131N19O18S/c1-11-13-31-75-79(117)45-61(27-22-38-99-94(96)97)85(123)108-74(78(116)37-34-56(5)115)52-132-53-83(121)103-70(41-58-24-16-15-17-25-58)90(128)110(8)57(6)84(122)104-72(47-81(95)119)92(130)113-39-23-33-76(113)80(118)46-62(42-64-49-98-54-101-64)86(124)105-69(40-55(3)4)89(127)109(7)50-82(120)102-68(43-60-36-35-59-26-18-19-28-65(59)60)87(125)107-73(51-114)88(126)106-71(44-63-48-100-67-30-21-20-29-66(63)67)91(129)112(10)77(32-14-12-2)93(131)111(75)9/h15-21,24-26,28-30,36,48-49,54-55,57,61-62,68-77,100,114H,11-14,22-23,27,31-35,37-47,50-53H2,1-10H3,(H2,95,119)(H,98,101)(H,102,120)(H,103,121)(H,104,122)(H,105,124)(H,106,126)(H,107,125)(H,108,123)(H4,96,97,99)/t57-,61+,62+,68-,69-,70?,71-,72-,73-,74-,75-,76?,77-/m0/s1. The monoisotopic (exact) mass is 1850 g/mol. The Hall–Kier alpha value is -12.5. The lowest BCUT2D eigenvalue weighted by atomic mass is 9.90. The maximum Gasteiger partial charge on any atom is 0.246 e. The molecule has 2 fully saturated rings. The molecule has 37 nitrogen and oxygen atoms in total. The number of carbonyl (C=O) groups excluding carboxylic acids is 17. The van der Waals surface area contributed by atoms with Gasteiger partial charge in [-0.3, -0.25) is 82.1 Å². The summed E-state index contributed by atoms with van der Waals surface area (Å²) in [5.41, 5.74) is 16.0. The zero-order valence-electron chi connectivity index (χ0n) is 77.1. The van der Waals surface area contributed by atoms with Crippen molar-refractivity contribution < 1.29 is 86.6 Å². The minimum absolute atomic E-state index is 0.0158. The molecule has 8 rings (SSSR count). The van der Waals surface area contributed by atoms with Crippen LogP contribution in [0.4, 0.5) is 0 Å². The number of carbonyl (C=O) groups is 17. The fourth-order valence-corrected chi connectivity index (χ4v) is 17.7. The molecular weight excluding hydrogens is 1720 g/mol. The molecule has 2 unspecified atom stereocenters. The van der Waals surface area contributed by atoms with Crippen molar-refractivity contribution in [2.45, 2.75) is 243 Å². The second-order valence-electron chi connectivity index (χ2n) is 35.0. The van der Waals surface area contributed by atoms with Crippen LogP contribution in [0.2, 0.25) is 0 Å². The van der Waals surface area contributed by atoms with Crippen molar-refractivity contribution in [3.05, 3.63) is 132 Å². The number of aliphatic hydroxyl groups excluding tert-OH is 1. The van der Waals surface area contributed by atoms with Crippen molar-refractivity contribution >= 4 is 134 Å². The van der Waals surface area contributed by atoms with Crippen molar-refractivity contribution in [2.75, 3.05) is 65.9 Å². The van der Waals surface area contributed by atoms with Gasteiger partial charge in [0.15, 0.2) is 23.3 Å². The Balaban J connectivity index is 1.18. The Labute approximate surface area is 773 Å². The number of amides is 13. The summed E-state index contributed by atoms with van der Waals surface area (Å²) in [4.78, 5) is 266. The minimum atomic E-state index is -1.81. The van der Waals surface area contributed by atoms with Gasteiger partial charge in [-0.25, -0.2) is 4.98 Å². The van der Waals surface area contributed by atoms with Gasteiger partial charge in [-0.2, -0.15) is 0 Å². The van der Waals surface area contributed by atoms with Crippen molar-refractivity contribution in [2.24, 2.45) is 29.2 Å². The van der Waals surface area contributed by atoms with E-state index in [1.807, 2.05) is 38.1 Å². The molecule has 3 aromatic carbocycles. The third kappa shape index (κ3) is 30.6. The molecule has 16 N–H and O–H groups in total. The number of hydrogen-bond acceptors (Lipinski definition) is 21. The second kappa shape index (κ2) is 51.4. The third-order valence-corrected chi connectivity index (χ3v) is 25.4. The van der Waals surface area contributed by atoms with Crippen LogP contribution in [0.3, 0.4) is 0 Å². The Morgan fingerprint density at radius 2 is 1.23 bits per heavy atom. The lowest BCUT2D eigenvalue weighted by molar-refractivity contribution is -0.149. The number of unbranched alkanes of at least 4 members (excludes halogenated alkanes) is 2. The Kier molecular flexibility index (Phi) is 40.8. The molecule has 0 bridgehead atoms. The van der Waals surface area contributed by atoms with E-state index in [1.165, 1.54) is 69.3 Å². The molecule has 0 radical (unpaired) electrons. The zero-order valence-corrected chi connectivity index (χ0v) is 77.9. The number of allylic oxidation sites excluding steroid dienone is 1. The van der Waals surface area contributed by atoms with E-state index in [1.54, 1.807) is 80.7 Å². The summed E-state index contributed by atoms with van der Waals surface area (Å²) in [7, 11) is 5.41. The van der Waals surface area contributed by atoms with E-state index in [9.17, 15) is 57.8 Å². The number of imidazole rings is 1. The van der Waals surface area contributed by atoms with Crippen LogP contribution in [0.25, 0.3) is 16.5 Å². The number of benzene rings is 3. The molecule has 1 aliphatic carbocycles. The molecule has 0 saturated carbocycles. The van der Waals surface area contributed by atoms with E-state index < -0.39 is 211 Å². The number of nitrogens with zero attached hydrogens (tertiary/aromatic N) is 6. The number of H-pyrrole nitrogens is 2. The smallest absolute Gasteiger partial charge is 0.246 e. The van der Waals surface area contributed by atoms with Gasteiger partial charge in [0.1, 0.15) is 54.1 Å². The number of likely N-dealkylation sites (N-methyl/N-ethyl adjacent to an activating group) is 4. The first-order chi connectivity index (χ1) is 62.9. The minimum Gasteiger partial charge on any atom is -0.394 e. The Morgan fingerprint density at radius 3 is 1.91 bits per heavy atom. The molecule has 13 amide bonds. The zero-order chi connectivity index (χ0) is 96.6. The highest BCUT2D eigenvalue weighted by atomic mass is 32.2. The van der Waals surface area contributed by atoms with Crippen LogP contribution in [0.1, 0.15) is 179 Å². The van der Waals surface area contributed by atoms with Crippen LogP contribution in [0.15, 0.2) is 104 Å². The van der Waals surface area contributed by atoms with Gasteiger partial charge in [0.25, 0.3) is 0 Å². The molecule has 38 heteroatoms. The fourth-order valence-electron chi connectivity index (χ4n) is 16.8. The third-order valence-electron chi connectivity index (χ3n) is 24.4. The predicted molar refractivity (Wildman–Crippen MR) is 495 cm³/mol. The number of ketones is 4. The number of aromatic nitrogens is 3. The summed E-state index contributed by atoms with van der Waals surface area (Å²) in [6, 6.07) is 7.29. The summed E-state index contributed by atoms with van der Waals surface area (Å²) in [6.45, 7) is 8.25. The lowest BCUT2D eigenvalue weighted by Gasteiger charge is -2.36. The number of nitrogens with one attached hydrogen (secondary N) is 11. The first-order valence-electron chi connectivity index (χ1n) is 45.3. The van der Waals surface area contributed by atoms with Gasteiger partial charge in [0.05, 0.1) is 55.7 Å². The molecule has 132 heavy (non-hydrogen) atoms. The number of aromatic amines is 2. The van der Waals surface area contributed by atoms with Crippen LogP contribution in [0.5, 0.6) is 0 Å². The number of hydrogen-bond donors (Lipinski definition) is 14. The first kappa shape index (κ1) is 105. The first-order valence-corrected chi connectivity index (χ1v) is 46.5.